The zero-order valence-corrected chi connectivity index (χ0v) is 14.7. The number of methoxy groups -OCH3 is 1. The van der Waals surface area contributed by atoms with E-state index in [0.29, 0.717) is 5.76 Å². The lowest BCUT2D eigenvalue weighted by Crippen LogP contribution is -2.24. The smallest absolute Gasteiger partial charge is 0.336 e. The van der Waals surface area contributed by atoms with Crippen molar-refractivity contribution in [2.24, 2.45) is 0 Å². The lowest BCUT2D eigenvalue weighted by molar-refractivity contribution is -0.137. The van der Waals surface area contributed by atoms with E-state index in [1.165, 1.54) is 7.11 Å². The number of aromatic nitrogens is 1. The monoisotopic (exact) mass is 385 g/mol. The minimum absolute atomic E-state index is 0.163. The largest absolute Gasteiger partial charge is 0.483 e. The van der Waals surface area contributed by atoms with Gasteiger partial charge in [-0.15, -0.1) is 0 Å². The fourth-order valence-electron chi connectivity index (χ4n) is 2.69. The van der Waals surface area contributed by atoms with Crippen LogP contribution in [0.1, 0.15) is 17.2 Å². The van der Waals surface area contributed by atoms with Gasteiger partial charge in [0.15, 0.2) is 0 Å². The van der Waals surface area contributed by atoms with Crippen LogP contribution in [0, 0.1) is 0 Å². The Morgan fingerprint density at radius 3 is 2.67 bits per heavy atom. The molecular formula is C19H16BrNO3. The molecule has 2 aromatic rings. The van der Waals surface area contributed by atoms with Crippen LogP contribution in [0.3, 0.4) is 0 Å². The second-order valence-electron chi connectivity index (χ2n) is 5.35. The number of halogens is 1. The van der Waals surface area contributed by atoms with Crippen molar-refractivity contribution in [1.82, 2.24) is 4.98 Å². The number of ether oxygens (including phenoxy) is 2. The maximum Gasteiger partial charge on any atom is 0.336 e. The van der Waals surface area contributed by atoms with Gasteiger partial charge in [-0.3, -0.25) is 4.98 Å². The van der Waals surface area contributed by atoms with E-state index in [2.05, 4.69) is 27.5 Å². The van der Waals surface area contributed by atoms with Crippen molar-refractivity contribution in [1.29, 1.82) is 0 Å². The zero-order valence-electron chi connectivity index (χ0n) is 13.1. The Morgan fingerprint density at radius 1 is 1.25 bits per heavy atom. The van der Waals surface area contributed by atoms with Gasteiger partial charge in [-0.05, 0) is 29.8 Å². The predicted molar refractivity (Wildman–Crippen MR) is 95.1 cm³/mol. The number of pyridine rings is 1. The van der Waals surface area contributed by atoms with E-state index in [-0.39, 0.29) is 11.5 Å². The molecule has 4 nitrogen and oxygen atoms in total. The van der Waals surface area contributed by atoms with E-state index in [9.17, 15) is 4.79 Å². The highest BCUT2D eigenvalue weighted by molar-refractivity contribution is 9.10. The number of nitrogens with zero attached hydrogens (tertiary/aromatic N) is 1. The number of hydrogen-bond acceptors (Lipinski definition) is 4. The Hall–Kier alpha value is -2.40. The van der Waals surface area contributed by atoms with E-state index in [1.807, 2.05) is 48.5 Å². The van der Waals surface area contributed by atoms with Crippen LogP contribution in [-0.2, 0) is 14.3 Å². The van der Waals surface area contributed by atoms with Gasteiger partial charge in [0.05, 0.1) is 12.7 Å². The summed E-state index contributed by atoms with van der Waals surface area (Å²) < 4.78 is 11.8. The molecule has 2 atom stereocenters. The Labute approximate surface area is 148 Å². The van der Waals surface area contributed by atoms with Gasteiger partial charge in [-0.25, -0.2) is 4.79 Å². The SMILES string of the molecule is C=C(C(=O)OC)[C@H]1OC(c2ccccn2)=C[C@@H]1c1ccccc1Br. The van der Waals surface area contributed by atoms with Gasteiger partial charge < -0.3 is 9.47 Å². The third-order valence-corrected chi connectivity index (χ3v) is 4.61. The van der Waals surface area contributed by atoms with Crippen LogP contribution in [-0.4, -0.2) is 24.2 Å². The molecule has 0 saturated heterocycles. The van der Waals surface area contributed by atoms with E-state index >= 15 is 0 Å². The van der Waals surface area contributed by atoms with E-state index < -0.39 is 12.1 Å². The van der Waals surface area contributed by atoms with Gasteiger partial charge in [-0.1, -0.05) is 46.8 Å². The molecule has 1 aromatic heterocycles. The summed E-state index contributed by atoms with van der Waals surface area (Å²) in [4.78, 5) is 16.3. The molecule has 0 N–H and O–H groups in total. The van der Waals surface area contributed by atoms with Gasteiger partial charge in [0.2, 0.25) is 0 Å². The lowest BCUT2D eigenvalue weighted by atomic mass is 9.90. The van der Waals surface area contributed by atoms with Crippen LogP contribution in [0.25, 0.3) is 5.76 Å². The van der Waals surface area contributed by atoms with E-state index in [4.69, 9.17) is 9.47 Å². The fraction of sp³-hybridized carbons (Fsp3) is 0.158. The summed E-state index contributed by atoms with van der Waals surface area (Å²) in [6.07, 6.45) is 3.14. The highest BCUT2D eigenvalue weighted by Gasteiger charge is 2.37. The highest BCUT2D eigenvalue weighted by Crippen LogP contribution is 2.41. The van der Waals surface area contributed by atoms with Crippen LogP contribution >= 0.6 is 15.9 Å². The van der Waals surface area contributed by atoms with Gasteiger partial charge in [-0.2, -0.15) is 0 Å². The van der Waals surface area contributed by atoms with Crippen molar-refractivity contribution in [2.75, 3.05) is 7.11 Å². The summed E-state index contributed by atoms with van der Waals surface area (Å²) >= 11 is 3.57. The number of carbonyl (C=O) groups excluding carboxylic acids is 1. The Balaban J connectivity index is 2.02. The normalized spacial score (nSPS) is 19.3. The highest BCUT2D eigenvalue weighted by atomic mass is 79.9. The second-order valence-corrected chi connectivity index (χ2v) is 6.20. The van der Waals surface area contributed by atoms with Crippen molar-refractivity contribution in [3.63, 3.8) is 0 Å². The quantitative estimate of drug-likeness (QED) is 0.587. The van der Waals surface area contributed by atoms with Crippen LogP contribution in [0.5, 0.6) is 0 Å². The van der Waals surface area contributed by atoms with Crippen molar-refractivity contribution in [3.05, 3.63) is 82.6 Å². The molecule has 0 bridgehead atoms. The van der Waals surface area contributed by atoms with Gasteiger partial charge in [0.25, 0.3) is 0 Å². The topological polar surface area (TPSA) is 48.4 Å². The molecule has 3 rings (SSSR count). The Kier molecular flexibility index (Phi) is 4.81. The predicted octanol–water partition coefficient (Wildman–Crippen LogP) is 4.10. The summed E-state index contributed by atoms with van der Waals surface area (Å²) in [6, 6.07) is 13.4. The molecule has 0 fully saturated rings. The van der Waals surface area contributed by atoms with Gasteiger partial charge in [0.1, 0.15) is 17.6 Å². The molecule has 24 heavy (non-hydrogen) atoms. The molecular weight excluding hydrogens is 370 g/mol. The molecule has 1 aliphatic heterocycles. The Morgan fingerprint density at radius 2 is 2.00 bits per heavy atom. The zero-order chi connectivity index (χ0) is 17.1. The molecule has 0 radical (unpaired) electrons. The fourth-order valence-corrected chi connectivity index (χ4v) is 3.24. The molecule has 2 heterocycles. The second kappa shape index (κ2) is 7.01. The van der Waals surface area contributed by atoms with E-state index in [1.54, 1.807) is 6.20 Å². The third-order valence-electron chi connectivity index (χ3n) is 3.88. The van der Waals surface area contributed by atoms with Gasteiger partial charge in [0, 0.05) is 16.6 Å². The Bertz CT molecular complexity index is 801. The number of hydrogen-bond donors (Lipinski definition) is 0. The maximum atomic E-state index is 12.0. The molecule has 0 aliphatic carbocycles. The summed E-state index contributed by atoms with van der Waals surface area (Å²) in [5.74, 6) is -0.0108. The molecule has 0 unspecified atom stereocenters. The first-order valence-corrected chi connectivity index (χ1v) is 8.22. The first-order valence-electron chi connectivity index (χ1n) is 7.43. The first-order chi connectivity index (χ1) is 11.6. The minimum atomic E-state index is -0.534. The summed E-state index contributed by atoms with van der Waals surface area (Å²) in [5.41, 5.74) is 2.01. The van der Waals surface area contributed by atoms with Crippen molar-refractivity contribution < 1.29 is 14.3 Å². The third kappa shape index (κ3) is 3.12. The number of carbonyl (C=O) groups is 1. The van der Waals surface area contributed by atoms with E-state index in [0.717, 1.165) is 15.7 Å². The first kappa shape index (κ1) is 16.5. The number of esters is 1. The molecule has 0 saturated carbocycles. The molecule has 1 aliphatic rings. The van der Waals surface area contributed by atoms with Gasteiger partial charge >= 0.3 is 5.97 Å². The van der Waals surface area contributed by atoms with Crippen molar-refractivity contribution in [2.45, 2.75) is 12.0 Å². The average molecular weight is 386 g/mol. The summed E-state index contributed by atoms with van der Waals surface area (Å²) in [7, 11) is 1.34. The minimum Gasteiger partial charge on any atom is -0.483 e. The molecule has 0 spiro atoms. The molecule has 0 amide bonds. The summed E-state index contributed by atoms with van der Waals surface area (Å²) in [5, 5.41) is 0. The molecule has 5 heteroatoms. The van der Waals surface area contributed by atoms with Crippen LogP contribution in [0.2, 0.25) is 0 Å². The summed E-state index contributed by atoms with van der Waals surface area (Å²) in [6.45, 7) is 3.87. The van der Waals surface area contributed by atoms with Crippen molar-refractivity contribution >= 4 is 27.7 Å². The maximum absolute atomic E-state index is 12.0. The van der Waals surface area contributed by atoms with Crippen LogP contribution < -0.4 is 0 Å². The van der Waals surface area contributed by atoms with Crippen LogP contribution in [0.15, 0.2) is 71.4 Å². The standard InChI is InChI=1S/C19H16BrNO3/c1-12(19(22)23-2)18-14(13-7-3-4-8-15(13)20)11-17(24-18)16-9-5-6-10-21-16/h3-11,14,18H,1H2,2H3/t14-,18-/m1/s1. The average Bonchev–Trinajstić information content (AvgIpc) is 3.06. The molecule has 122 valence electrons. The lowest BCUT2D eigenvalue weighted by Gasteiger charge is -2.21. The number of benzene rings is 1. The molecule has 1 aromatic carbocycles. The van der Waals surface area contributed by atoms with Crippen LogP contribution in [0.4, 0.5) is 0 Å². The van der Waals surface area contributed by atoms with Crippen molar-refractivity contribution in [3.8, 4) is 0 Å². The number of rotatable bonds is 4.